The number of aromatic nitrogens is 3. The number of ether oxygens (including phenoxy) is 1. The summed E-state index contributed by atoms with van der Waals surface area (Å²) in [6.45, 7) is 6.30. The van der Waals surface area contributed by atoms with Gasteiger partial charge in [0.25, 0.3) is 0 Å². The van der Waals surface area contributed by atoms with E-state index in [0.29, 0.717) is 34.1 Å². The molecule has 7 nitrogen and oxygen atoms in total. The number of hydrogen-bond acceptors (Lipinski definition) is 5. The van der Waals surface area contributed by atoms with Crippen LogP contribution in [0.5, 0.6) is 5.75 Å². The zero-order chi connectivity index (χ0) is 26.4. The molecule has 1 atom stereocenters. The smallest absolute Gasteiger partial charge is 0.319 e. The Morgan fingerprint density at radius 1 is 1.11 bits per heavy atom. The first-order valence-corrected chi connectivity index (χ1v) is 13.1. The maximum absolute atomic E-state index is 13.3. The van der Waals surface area contributed by atoms with Crippen molar-refractivity contribution in [2.75, 3.05) is 11.9 Å². The Morgan fingerprint density at radius 3 is 2.54 bits per heavy atom. The normalized spacial score (nSPS) is 11.7. The molecule has 0 fully saturated rings. The fraction of sp³-hybridized carbons (Fsp3) is 0.222. The van der Waals surface area contributed by atoms with Gasteiger partial charge in [0.2, 0.25) is 0 Å². The van der Waals surface area contributed by atoms with Gasteiger partial charge in [-0.05, 0) is 80.4 Å². The van der Waals surface area contributed by atoms with Crippen molar-refractivity contribution < 1.29 is 13.9 Å². The number of nitrogens with zero attached hydrogens (tertiary/aromatic N) is 3. The first-order chi connectivity index (χ1) is 17.8. The van der Waals surface area contributed by atoms with E-state index in [1.54, 1.807) is 36.4 Å². The van der Waals surface area contributed by atoms with Crippen molar-refractivity contribution in [3.8, 4) is 11.4 Å². The first-order valence-electron chi connectivity index (χ1n) is 11.7. The van der Waals surface area contributed by atoms with Crippen LogP contribution < -0.4 is 15.4 Å². The number of thioether (sulfide) groups is 1. The Balaban J connectivity index is 1.56. The summed E-state index contributed by atoms with van der Waals surface area (Å²) in [6, 6.07) is 18.2. The Labute approximate surface area is 224 Å². The van der Waals surface area contributed by atoms with Crippen LogP contribution in [0.3, 0.4) is 0 Å². The predicted octanol–water partition coefficient (Wildman–Crippen LogP) is 6.94. The molecule has 3 aromatic carbocycles. The van der Waals surface area contributed by atoms with Crippen LogP contribution in [-0.4, -0.2) is 27.4 Å². The molecule has 0 radical (unpaired) electrons. The maximum Gasteiger partial charge on any atom is 0.319 e. The van der Waals surface area contributed by atoms with Gasteiger partial charge in [-0.3, -0.25) is 4.57 Å². The van der Waals surface area contributed by atoms with Crippen LogP contribution in [0.2, 0.25) is 5.02 Å². The van der Waals surface area contributed by atoms with Gasteiger partial charge in [0.05, 0.1) is 18.3 Å². The SMILES string of the molecule is CCOc1ccc(NC(=O)NC(C)c2nnc(SCc3ccc(F)cc3)n2-c2cc(Cl)ccc2C)cc1. The van der Waals surface area contributed by atoms with Crippen molar-refractivity contribution in [1.29, 1.82) is 0 Å². The van der Waals surface area contributed by atoms with Crippen LogP contribution in [-0.2, 0) is 5.75 Å². The molecule has 0 aliphatic carbocycles. The molecular weight excluding hydrogens is 513 g/mol. The number of anilines is 1. The molecule has 1 aromatic heterocycles. The molecule has 2 N–H and O–H groups in total. The summed E-state index contributed by atoms with van der Waals surface area (Å²) in [7, 11) is 0. The van der Waals surface area contributed by atoms with Crippen molar-refractivity contribution in [2.45, 2.75) is 37.7 Å². The molecule has 0 saturated carbocycles. The first kappa shape index (κ1) is 26.5. The van der Waals surface area contributed by atoms with E-state index < -0.39 is 6.04 Å². The number of nitrogens with one attached hydrogen (secondary N) is 2. The van der Waals surface area contributed by atoms with Gasteiger partial charge in [-0.2, -0.15) is 0 Å². The van der Waals surface area contributed by atoms with Gasteiger partial charge in [-0.1, -0.05) is 41.6 Å². The van der Waals surface area contributed by atoms with E-state index in [1.165, 1.54) is 23.9 Å². The van der Waals surface area contributed by atoms with Gasteiger partial charge in [-0.15, -0.1) is 10.2 Å². The summed E-state index contributed by atoms with van der Waals surface area (Å²) < 4.78 is 20.7. The average Bonchev–Trinajstić information content (AvgIpc) is 3.30. The fourth-order valence-electron chi connectivity index (χ4n) is 3.66. The molecular formula is C27H27ClFN5O2S. The summed E-state index contributed by atoms with van der Waals surface area (Å²) in [5.74, 6) is 1.57. The lowest BCUT2D eigenvalue weighted by Gasteiger charge is -2.18. The fourth-order valence-corrected chi connectivity index (χ4v) is 4.74. The van der Waals surface area contributed by atoms with E-state index in [9.17, 15) is 9.18 Å². The lowest BCUT2D eigenvalue weighted by molar-refractivity contribution is 0.248. The minimum Gasteiger partial charge on any atom is -0.494 e. The lowest BCUT2D eigenvalue weighted by Crippen LogP contribution is -2.32. The van der Waals surface area contributed by atoms with Crippen molar-refractivity contribution in [3.63, 3.8) is 0 Å². The topological polar surface area (TPSA) is 81.1 Å². The van der Waals surface area contributed by atoms with Gasteiger partial charge in [0.15, 0.2) is 11.0 Å². The summed E-state index contributed by atoms with van der Waals surface area (Å²) in [4.78, 5) is 12.8. The van der Waals surface area contributed by atoms with E-state index in [4.69, 9.17) is 16.3 Å². The van der Waals surface area contributed by atoms with Crippen molar-refractivity contribution in [3.05, 3.63) is 94.5 Å². The number of carbonyl (C=O) groups excluding carboxylic acids is 1. The predicted molar refractivity (Wildman–Crippen MR) is 145 cm³/mol. The maximum atomic E-state index is 13.3. The highest BCUT2D eigenvalue weighted by atomic mass is 35.5. The third-order valence-corrected chi connectivity index (χ3v) is 6.74. The monoisotopic (exact) mass is 539 g/mol. The number of urea groups is 1. The van der Waals surface area contributed by atoms with Crippen LogP contribution in [0.15, 0.2) is 71.9 Å². The minimum absolute atomic E-state index is 0.280. The van der Waals surface area contributed by atoms with Gasteiger partial charge >= 0.3 is 6.03 Å². The molecule has 37 heavy (non-hydrogen) atoms. The lowest BCUT2D eigenvalue weighted by atomic mass is 10.2. The number of hydrogen-bond donors (Lipinski definition) is 2. The van der Waals surface area contributed by atoms with Gasteiger partial charge in [-0.25, -0.2) is 9.18 Å². The summed E-state index contributed by atoms with van der Waals surface area (Å²) >= 11 is 7.79. The Hall–Kier alpha value is -3.56. The third kappa shape index (κ3) is 6.81. The van der Waals surface area contributed by atoms with Crippen LogP contribution in [0, 0.1) is 12.7 Å². The van der Waals surface area contributed by atoms with Crippen LogP contribution in [0.1, 0.15) is 36.8 Å². The summed E-state index contributed by atoms with van der Waals surface area (Å²) in [6.07, 6.45) is 0. The summed E-state index contributed by atoms with van der Waals surface area (Å²) in [5.41, 5.74) is 3.37. The second kappa shape index (κ2) is 12.1. The van der Waals surface area contributed by atoms with Gasteiger partial charge in [0, 0.05) is 16.5 Å². The third-order valence-electron chi connectivity index (χ3n) is 5.51. The number of halogens is 2. The molecule has 1 unspecified atom stereocenters. The van der Waals surface area contributed by atoms with Crippen molar-refractivity contribution in [2.24, 2.45) is 0 Å². The van der Waals surface area contributed by atoms with E-state index in [2.05, 4.69) is 20.8 Å². The van der Waals surface area contributed by atoms with Crippen LogP contribution in [0.4, 0.5) is 14.9 Å². The molecule has 0 spiro atoms. The van der Waals surface area contributed by atoms with Gasteiger partial charge < -0.3 is 15.4 Å². The summed E-state index contributed by atoms with van der Waals surface area (Å²) in [5, 5.41) is 15.8. The Morgan fingerprint density at radius 2 is 1.84 bits per heavy atom. The van der Waals surface area contributed by atoms with Crippen LogP contribution in [0.25, 0.3) is 5.69 Å². The second-order valence-electron chi connectivity index (χ2n) is 8.30. The minimum atomic E-state index is -0.478. The average molecular weight is 540 g/mol. The Kier molecular flexibility index (Phi) is 8.68. The molecule has 0 aliphatic rings. The van der Waals surface area contributed by atoms with Crippen molar-refractivity contribution in [1.82, 2.24) is 20.1 Å². The van der Waals surface area contributed by atoms with E-state index in [1.807, 2.05) is 43.5 Å². The quantitative estimate of drug-likeness (QED) is 0.225. The molecule has 0 saturated heterocycles. The van der Waals surface area contributed by atoms with Gasteiger partial charge in [0.1, 0.15) is 11.6 Å². The van der Waals surface area contributed by atoms with E-state index in [0.717, 1.165) is 22.6 Å². The zero-order valence-corrected chi connectivity index (χ0v) is 22.2. The molecule has 0 aliphatic heterocycles. The van der Waals surface area contributed by atoms with Crippen molar-refractivity contribution >= 4 is 35.1 Å². The molecule has 10 heteroatoms. The number of amides is 2. The molecule has 192 valence electrons. The molecule has 0 bridgehead atoms. The van der Waals surface area contributed by atoms with E-state index in [-0.39, 0.29) is 11.8 Å². The van der Waals surface area contributed by atoms with E-state index >= 15 is 0 Å². The highest BCUT2D eigenvalue weighted by Gasteiger charge is 2.22. The molecule has 4 aromatic rings. The zero-order valence-electron chi connectivity index (χ0n) is 20.7. The number of rotatable bonds is 9. The molecule has 2 amide bonds. The largest absolute Gasteiger partial charge is 0.494 e. The second-order valence-corrected chi connectivity index (χ2v) is 9.68. The number of benzene rings is 3. The standard InChI is InChI=1S/C27H27ClFN5O2S/c1-4-36-23-13-11-22(12-14-23)31-26(35)30-18(3)25-32-33-27(37-16-19-6-9-21(29)10-7-19)34(25)24-15-20(28)8-5-17(24)2/h5-15,18H,4,16H2,1-3H3,(H2,30,31,35). The number of aryl methyl sites for hydroxylation is 1. The number of carbonyl (C=O) groups is 1. The Bertz CT molecular complexity index is 1360. The molecule has 1 heterocycles. The highest BCUT2D eigenvalue weighted by Crippen LogP contribution is 2.30. The molecule has 4 rings (SSSR count). The van der Waals surface area contributed by atoms with Crippen LogP contribution >= 0.6 is 23.4 Å². The highest BCUT2D eigenvalue weighted by molar-refractivity contribution is 7.98.